The van der Waals surface area contributed by atoms with Crippen LogP contribution in [-0.4, -0.2) is 36.5 Å². The van der Waals surface area contributed by atoms with Gasteiger partial charge in [0.25, 0.3) is 0 Å². The van der Waals surface area contributed by atoms with Crippen LogP contribution in [0.25, 0.3) is 0 Å². The van der Waals surface area contributed by atoms with Crippen molar-refractivity contribution in [2.75, 3.05) is 19.7 Å². The number of ketones is 1. The van der Waals surface area contributed by atoms with Crippen LogP contribution in [0.2, 0.25) is 0 Å². The second-order valence-electron chi connectivity index (χ2n) is 4.26. The molecular formula is C13H15NO3. The van der Waals surface area contributed by atoms with E-state index in [4.69, 9.17) is 4.74 Å². The number of Topliss-reactive ketones (excluding diaryl/α,β-unsaturated/α-hetero) is 1. The Balaban J connectivity index is 2.09. The van der Waals surface area contributed by atoms with E-state index in [2.05, 4.69) is 0 Å². The lowest BCUT2D eigenvalue weighted by Crippen LogP contribution is -2.30. The molecule has 1 aliphatic heterocycles. The lowest BCUT2D eigenvalue weighted by Gasteiger charge is -2.11. The Morgan fingerprint density at radius 1 is 1.35 bits per heavy atom. The zero-order valence-corrected chi connectivity index (χ0v) is 10.0. The first-order chi connectivity index (χ1) is 8.08. The Morgan fingerprint density at radius 2 is 2.12 bits per heavy atom. The molecule has 0 N–H and O–H groups in total. The van der Waals surface area contributed by atoms with Gasteiger partial charge in [0.05, 0.1) is 13.1 Å². The van der Waals surface area contributed by atoms with E-state index in [1.54, 1.807) is 6.07 Å². The number of amides is 1. The summed E-state index contributed by atoms with van der Waals surface area (Å²) in [5.41, 5.74) is 2.88. The van der Waals surface area contributed by atoms with Gasteiger partial charge in [-0.1, -0.05) is 12.1 Å². The molecule has 90 valence electrons. The Labute approximate surface area is 100 Å². The van der Waals surface area contributed by atoms with Gasteiger partial charge in [-0.25, -0.2) is 4.79 Å². The number of cyclic esters (lactones) is 1. The Hall–Kier alpha value is -1.84. The molecule has 0 aromatic heterocycles. The second kappa shape index (κ2) is 4.57. The topological polar surface area (TPSA) is 46.6 Å². The van der Waals surface area contributed by atoms with E-state index in [0.29, 0.717) is 18.7 Å². The van der Waals surface area contributed by atoms with E-state index < -0.39 is 6.09 Å². The number of hydrogen-bond acceptors (Lipinski definition) is 3. The fraction of sp³-hybridized carbons (Fsp3) is 0.385. The molecule has 4 nitrogen and oxygen atoms in total. The molecule has 0 aliphatic carbocycles. The van der Waals surface area contributed by atoms with Gasteiger partial charge in [0.15, 0.2) is 5.78 Å². The van der Waals surface area contributed by atoms with Crippen LogP contribution in [-0.2, 0) is 4.74 Å². The summed E-state index contributed by atoms with van der Waals surface area (Å²) in [7, 11) is 0. The third-order valence-corrected chi connectivity index (χ3v) is 3.01. The fourth-order valence-corrected chi connectivity index (χ4v) is 1.75. The highest BCUT2D eigenvalue weighted by atomic mass is 16.6. The lowest BCUT2D eigenvalue weighted by molar-refractivity contribution is 0.0943. The standard InChI is InChI=1S/C13H15NO3/c1-9-3-4-11(7-10(9)2)12(15)8-14-5-6-17-13(14)16/h3-4,7H,5-6,8H2,1-2H3. The molecule has 0 bridgehead atoms. The van der Waals surface area contributed by atoms with Crippen molar-refractivity contribution >= 4 is 11.9 Å². The van der Waals surface area contributed by atoms with Gasteiger partial charge in [-0.15, -0.1) is 0 Å². The van der Waals surface area contributed by atoms with Crippen molar-refractivity contribution in [1.29, 1.82) is 0 Å². The SMILES string of the molecule is Cc1ccc(C(=O)CN2CCOC2=O)cc1C. The third kappa shape index (κ3) is 2.46. The lowest BCUT2D eigenvalue weighted by atomic mass is 10.0. The molecule has 1 heterocycles. The van der Waals surface area contributed by atoms with Crippen LogP contribution >= 0.6 is 0 Å². The Morgan fingerprint density at radius 3 is 2.71 bits per heavy atom. The smallest absolute Gasteiger partial charge is 0.410 e. The Bertz CT molecular complexity index is 468. The third-order valence-electron chi connectivity index (χ3n) is 3.01. The van der Waals surface area contributed by atoms with E-state index >= 15 is 0 Å². The van der Waals surface area contributed by atoms with E-state index in [-0.39, 0.29) is 12.3 Å². The van der Waals surface area contributed by atoms with Gasteiger partial charge in [0, 0.05) is 5.56 Å². The Kier molecular flexibility index (Phi) is 3.13. The number of hydrogen-bond donors (Lipinski definition) is 0. The van der Waals surface area contributed by atoms with Crippen molar-refractivity contribution in [1.82, 2.24) is 4.90 Å². The molecule has 0 saturated carbocycles. The van der Waals surface area contributed by atoms with Crippen molar-refractivity contribution in [3.05, 3.63) is 34.9 Å². The maximum absolute atomic E-state index is 12.0. The van der Waals surface area contributed by atoms with Gasteiger partial charge in [-0.05, 0) is 31.0 Å². The van der Waals surface area contributed by atoms with Crippen molar-refractivity contribution in [2.24, 2.45) is 0 Å². The summed E-state index contributed by atoms with van der Waals surface area (Å²) in [6, 6.07) is 5.58. The first-order valence-corrected chi connectivity index (χ1v) is 5.60. The van der Waals surface area contributed by atoms with Crippen molar-refractivity contribution in [2.45, 2.75) is 13.8 Å². The van der Waals surface area contributed by atoms with Gasteiger partial charge in [0.1, 0.15) is 6.61 Å². The van der Waals surface area contributed by atoms with Crippen LogP contribution in [0.15, 0.2) is 18.2 Å². The van der Waals surface area contributed by atoms with Crippen LogP contribution in [0, 0.1) is 13.8 Å². The highest BCUT2D eigenvalue weighted by molar-refractivity contribution is 5.99. The average Bonchev–Trinajstić information content (AvgIpc) is 2.68. The number of carbonyl (C=O) groups is 2. The zero-order valence-electron chi connectivity index (χ0n) is 10.0. The van der Waals surface area contributed by atoms with Gasteiger partial charge < -0.3 is 4.74 Å². The largest absolute Gasteiger partial charge is 0.448 e. The van der Waals surface area contributed by atoms with Gasteiger partial charge in [0.2, 0.25) is 0 Å². The average molecular weight is 233 g/mol. The van der Waals surface area contributed by atoms with Crippen molar-refractivity contribution < 1.29 is 14.3 Å². The first kappa shape index (κ1) is 11.6. The number of benzene rings is 1. The zero-order chi connectivity index (χ0) is 12.4. The molecule has 1 amide bonds. The predicted molar refractivity (Wildman–Crippen MR) is 63.2 cm³/mol. The summed E-state index contributed by atoms with van der Waals surface area (Å²) in [5, 5.41) is 0. The minimum Gasteiger partial charge on any atom is -0.448 e. The molecule has 0 radical (unpaired) electrons. The highest BCUT2D eigenvalue weighted by Crippen LogP contribution is 2.12. The quantitative estimate of drug-likeness (QED) is 0.749. The minimum atomic E-state index is -0.401. The highest BCUT2D eigenvalue weighted by Gasteiger charge is 2.24. The maximum Gasteiger partial charge on any atom is 0.410 e. The van der Waals surface area contributed by atoms with Crippen LogP contribution in [0.5, 0.6) is 0 Å². The summed E-state index contributed by atoms with van der Waals surface area (Å²) in [5.74, 6) is -0.0491. The van der Waals surface area contributed by atoms with E-state index in [9.17, 15) is 9.59 Å². The number of aryl methyl sites for hydroxylation is 2. The van der Waals surface area contributed by atoms with Crippen LogP contribution < -0.4 is 0 Å². The van der Waals surface area contributed by atoms with Crippen LogP contribution in [0.3, 0.4) is 0 Å². The number of carbonyl (C=O) groups excluding carboxylic acids is 2. The van der Waals surface area contributed by atoms with Gasteiger partial charge >= 0.3 is 6.09 Å². The molecule has 1 aromatic carbocycles. The van der Waals surface area contributed by atoms with Crippen molar-refractivity contribution in [3.8, 4) is 0 Å². The van der Waals surface area contributed by atoms with Gasteiger partial charge in [-0.3, -0.25) is 9.69 Å². The maximum atomic E-state index is 12.0. The summed E-state index contributed by atoms with van der Waals surface area (Å²) >= 11 is 0. The summed E-state index contributed by atoms with van der Waals surface area (Å²) < 4.78 is 4.78. The summed E-state index contributed by atoms with van der Waals surface area (Å²) in [6.45, 7) is 4.94. The van der Waals surface area contributed by atoms with E-state index in [1.165, 1.54) is 4.90 Å². The molecule has 0 unspecified atom stereocenters. The molecule has 1 fully saturated rings. The van der Waals surface area contributed by atoms with Gasteiger partial charge in [-0.2, -0.15) is 0 Å². The predicted octanol–water partition coefficient (Wildman–Crippen LogP) is 1.94. The molecule has 1 saturated heterocycles. The molecule has 1 aliphatic rings. The fourth-order valence-electron chi connectivity index (χ4n) is 1.75. The molecule has 2 rings (SSSR count). The van der Waals surface area contributed by atoms with Crippen LogP contribution in [0.1, 0.15) is 21.5 Å². The summed E-state index contributed by atoms with van der Waals surface area (Å²) in [4.78, 5) is 24.6. The first-order valence-electron chi connectivity index (χ1n) is 5.60. The number of nitrogens with zero attached hydrogens (tertiary/aromatic N) is 1. The molecule has 4 heteroatoms. The molecule has 0 spiro atoms. The molecular weight excluding hydrogens is 218 g/mol. The van der Waals surface area contributed by atoms with Crippen LogP contribution in [0.4, 0.5) is 4.79 Å². The van der Waals surface area contributed by atoms with E-state index in [0.717, 1.165) is 11.1 Å². The van der Waals surface area contributed by atoms with E-state index in [1.807, 2.05) is 26.0 Å². The normalized spacial score (nSPS) is 14.9. The molecule has 17 heavy (non-hydrogen) atoms. The second-order valence-corrected chi connectivity index (χ2v) is 4.26. The monoisotopic (exact) mass is 233 g/mol. The molecule has 0 atom stereocenters. The molecule has 1 aromatic rings. The van der Waals surface area contributed by atoms with Crippen molar-refractivity contribution in [3.63, 3.8) is 0 Å². The number of ether oxygens (including phenoxy) is 1. The number of rotatable bonds is 3. The minimum absolute atomic E-state index is 0.0491. The summed E-state index contributed by atoms with van der Waals surface area (Å²) in [6.07, 6.45) is -0.401.